The van der Waals surface area contributed by atoms with E-state index in [-0.39, 0.29) is 5.41 Å². The van der Waals surface area contributed by atoms with Gasteiger partial charge in [0.05, 0.1) is 5.60 Å². The van der Waals surface area contributed by atoms with E-state index in [4.69, 9.17) is 5.73 Å². The maximum atomic E-state index is 11.0. The molecule has 1 aliphatic heterocycles. The third-order valence-corrected chi connectivity index (χ3v) is 5.13. The molecule has 3 N–H and O–H groups in total. The lowest BCUT2D eigenvalue weighted by atomic mass is 9.56. The zero-order valence-electron chi connectivity index (χ0n) is 11.2. The van der Waals surface area contributed by atoms with E-state index in [1.165, 1.54) is 19.4 Å². The van der Waals surface area contributed by atoms with Crippen molar-refractivity contribution in [2.45, 2.75) is 57.5 Å². The van der Waals surface area contributed by atoms with Crippen molar-refractivity contribution in [2.75, 3.05) is 26.2 Å². The highest BCUT2D eigenvalue weighted by Gasteiger charge is 2.52. The molecule has 2 aliphatic rings. The molecule has 0 amide bonds. The van der Waals surface area contributed by atoms with Crippen molar-refractivity contribution < 1.29 is 5.11 Å². The third kappa shape index (κ3) is 2.38. The van der Waals surface area contributed by atoms with Gasteiger partial charge in [0.15, 0.2) is 0 Å². The lowest BCUT2D eigenvalue weighted by molar-refractivity contribution is -0.130. The van der Waals surface area contributed by atoms with Gasteiger partial charge in [-0.05, 0) is 51.6 Å². The van der Waals surface area contributed by atoms with Crippen molar-refractivity contribution in [1.29, 1.82) is 0 Å². The van der Waals surface area contributed by atoms with E-state index >= 15 is 0 Å². The van der Waals surface area contributed by atoms with Crippen LogP contribution in [0.5, 0.6) is 0 Å². The molecule has 1 atom stereocenters. The largest absolute Gasteiger partial charge is 0.389 e. The summed E-state index contributed by atoms with van der Waals surface area (Å²) in [5.74, 6) is 0. The summed E-state index contributed by atoms with van der Waals surface area (Å²) < 4.78 is 0. The van der Waals surface area contributed by atoms with Gasteiger partial charge in [-0.15, -0.1) is 0 Å². The summed E-state index contributed by atoms with van der Waals surface area (Å²) in [6.45, 7) is 6.26. The molecule has 17 heavy (non-hydrogen) atoms. The van der Waals surface area contributed by atoms with E-state index in [2.05, 4.69) is 11.8 Å². The number of nitrogens with two attached hydrogens (primary N) is 1. The van der Waals surface area contributed by atoms with Crippen LogP contribution in [0.2, 0.25) is 0 Å². The van der Waals surface area contributed by atoms with E-state index in [1.807, 2.05) is 0 Å². The van der Waals surface area contributed by atoms with Crippen LogP contribution in [0.25, 0.3) is 0 Å². The van der Waals surface area contributed by atoms with Gasteiger partial charge in [0.25, 0.3) is 0 Å². The van der Waals surface area contributed by atoms with Gasteiger partial charge in [-0.3, -0.25) is 0 Å². The molecule has 0 spiro atoms. The Labute approximate surface area is 105 Å². The Morgan fingerprint density at radius 2 is 1.88 bits per heavy atom. The third-order valence-electron chi connectivity index (χ3n) is 5.13. The number of hydrogen-bond acceptors (Lipinski definition) is 3. The molecule has 3 heteroatoms. The average molecular weight is 240 g/mol. The van der Waals surface area contributed by atoms with Crippen molar-refractivity contribution in [1.82, 2.24) is 4.90 Å². The molecule has 1 unspecified atom stereocenters. The van der Waals surface area contributed by atoms with Gasteiger partial charge in [0, 0.05) is 18.5 Å². The van der Waals surface area contributed by atoms with Gasteiger partial charge in [-0.1, -0.05) is 13.3 Å². The fraction of sp³-hybridized carbons (Fsp3) is 1.00. The molecular formula is C14H28N2O. The van der Waals surface area contributed by atoms with E-state index < -0.39 is 5.60 Å². The number of aliphatic hydroxyl groups is 1. The van der Waals surface area contributed by atoms with E-state index in [0.29, 0.717) is 6.54 Å². The number of rotatable bonds is 4. The fourth-order valence-electron chi connectivity index (χ4n) is 3.71. The molecule has 100 valence electrons. The van der Waals surface area contributed by atoms with Crippen molar-refractivity contribution in [2.24, 2.45) is 11.1 Å². The lowest BCUT2D eigenvalue weighted by Crippen LogP contribution is -2.57. The minimum Gasteiger partial charge on any atom is -0.389 e. The monoisotopic (exact) mass is 240 g/mol. The molecule has 0 aromatic heterocycles. The Bertz CT molecular complexity index is 247. The van der Waals surface area contributed by atoms with Crippen LogP contribution in [-0.2, 0) is 0 Å². The number of likely N-dealkylation sites (tertiary alicyclic amines) is 1. The van der Waals surface area contributed by atoms with Crippen LogP contribution in [0.1, 0.15) is 51.9 Å². The van der Waals surface area contributed by atoms with Gasteiger partial charge in [0.2, 0.25) is 0 Å². The first kappa shape index (κ1) is 13.3. The smallest absolute Gasteiger partial charge is 0.0728 e. The standard InChI is InChI=1S/C14H28N2O/c1-2-9-16-10-4-7-14(17,8-11-16)13(12-15)5-3-6-13/h17H,2-12,15H2,1H3. The zero-order chi connectivity index (χ0) is 12.4. The molecular weight excluding hydrogens is 212 g/mol. The van der Waals surface area contributed by atoms with Crippen molar-refractivity contribution >= 4 is 0 Å². The van der Waals surface area contributed by atoms with Gasteiger partial charge >= 0.3 is 0 Å². The summed E-state index contributed by atoms with van der Waals surface area (Å²) in [6.07, 6.45) is 7.72. The van der Waals surface area contributed by atoms with Crippen LogP contribution in [-0.4, -0.2) is 41.8 Å². The summed E-state index contributed by atoms with van der Waals surface area (Å²) in [5, 5.41) is 11.0. The maximum Gasteiger partial charge on any atom is 0.0728 e. The number of nitrogens with zero attached hydrogens (tertiary/aromatic N) is 1. The van der Waals surface area contributed by atoms with Crippen LogP contribution in [0.4, 0.5) is 0 Å². The Morgan fingerprint density at radius 1 is 1.12 bits per heavy atom. The van der Waals surface area contributed by atoms with Crippen molar-refractivity contribution in [3.05, 3.63) is 0 Å². The molecule has 2 fully saturated rings. The summed E-state index contributed by atoms with van der Waals surface area (Å²) in [5.41, 5.74) is 5.52. The zero-order valence-corrected chi connectivity index (χ0v) is 11.2. The highest BCUT2D eigenvalue weighted by atomic mass is 16.3. The quantitative estimate of drug-likeness (QED) is 0.787. The first-order valence-electron chi connectivity index (χ1n) is 7.31. The highest BCUT2D eigenvalue weighted by molar-refractivity contribution is 5.05. The maximum absolute atomic E-state index is 11.0. The minimum atomic E-state index is -0.484. The molecule has 0 aromatic carbocycles. The van der Waals surface area contributed by atoms with Crippen LogP contribution < -0.4 is 5.73 Å². The summed E-state index contributed by atoms with van der Waals surface area (Å²) >= 11 is 0. The average Bonchev–Trinajstić information content (AvgIpc) is 2.42. The second-order valence-electron chi connectivity index (χ2n) is 6.06. The highest BCUT2D eigenvalue weighted by Crippen LogP contribution is 2.52. The Hall–Kier alpha value is -0.120. The Kier molecular flexibility index (Phi) is 4.11. The first-order valence-corrected chi connectivity index (χ1v) is 7.31. The number of hydrogen-bond donors (Lipinski definition) is 2. The molecule has 1 saturated carbocycles. The van der Waals surface area contributed by atoms with Crippen molar-refractivity contribution in [3.8, 4) is 0 Å². The van der Waals surface area contributed by atoms with Gasteiger partial charge < -0.3 is 15.7 Å². The van der Waals surface area contributed by atoms with Crippen LogP contribution in [0, 0.1) is 5.41 Å². The van der Waals surface area contributed by atoms with E-state index in [0.717, 1.165) is 45.2 Å². The lowest BCUT2D eigenvalue weighted by Gasteiger charge is -2.53. The van der Waals surface area contributed by atoms with Crippen LogP contribution >= 0.6 is 0 Å². The second kappa shape index (κ2) is 5.25. The SMILES string of the molecule is CCCN1CCCC(O)(C2(CN)CCC2)CC1. The first-order chi connectivity index (χ1) is 8.16. The predicted molar refractivity (Wildman–Crippen MR) is 70.9 cm³/mol. The summed E-state index contributed by atoms with van der Waals surface area (Å²) in [4.78, 5) is 2.50. The Balaban J connectivity index is 2.01. The molecule has 1 aliphatic carbocycles. The van der Waals surface area contributed by atoms with Crippen molar-refractivity contribution in [3.63, 3.8) is 0 Å². The minimum absolute atomic E-state index is 0.0508. The summed E-state index contributed by atoms with van der Waals surface area (Å²) in [7, 11) is 0. The molecule has 1 heterocycles. The molecule has 1 saturated heterocycles. The van der Waals surface area contributed by atoms with Crippen LogP contribution in [0.15, 0.2) is 0 Å². The molecule has 0 radical (unpaired) electrons. The summed E-state index contributed by atoms with van der Waals surface area (Å²) in [6, 6.07) is 0. The molecule has 3 nitrogen and oxygen atoms in total. The molecule has 2 rings (SSSR count). The van der Waals surface area contributed by atoms with Gasteiger partial charge in [-0.25, -0.2) is 0 Å². The topological polar surface area (TPSA) is 49.5 Å². The van der Waals surface area contributed by atoms with E-state index in [9.17, 15) is 5.11 Å². The van der Waals surface area contributed by atoms with Crippen LogP contribution in [0.3, 0.4) is 0 Å². The Morgan fingerprint density at radius 3 is 2.41 bits per heavy atom. The predicted octanol–water partition coefficient (Wildman–Crippen LogP) is 1.74. The molecule has 0 aromatic rings. The van der Waals surface area contributed by atoms with E-state index in [1.54, 1.807) is 0 Å². The van der Waals surface area contributed by atoms with Gasteiger partial charge in [0.1, 0.15) is 0 Å². The normalized spacial score (nSPS) is 34.1. The van der Waals surface area contributed by atoms with Gasteiger partial charge in [-0.2, -0.15) is 0 Å². The second-order valence-corrected chi connectivity index (χ2v) is 6.06. The fourth-order valence-corrected chi connectivity index (χ4v) is 3.71. The molecule has 0 bridgehead atoms.